The van der Waals surface area contributed by atoms with E-state index in [9.17, 15) is 4.79 Å². The Morgan fingerprint density at radius 3 is 1.96 bits per heavy atom. The third-order valence-electron chi connectivity index (χ3n) is 3.86. The number of amides is 1. The number of nitrogens with one attached hydrogen (secondary N) is 1. The SMILES string of the molecule is CC.COCCOCCNC(=O)COCCN1CCN(CCOC)CC1. The van der Waals surface area contributed by atoms with Crippen LogP contribution in [0.5, 0.6) is 0 Å². The van der Waals surface area contributed by atoms with Gasteiger partial charge in [0.1, 0.15) is 6.61 Å². The summed E-state index contributed by atoms with van der Waals surface area (Å²) in [5.41, 5.74) is 0. The molecule has 156 valence electrons. The van der Waals surface area contributed by atoms with Gasteiger partial charge in [-0.2, -0.15) is 0 Å². The van der Waals surface area contributed by atoms with Gasteiger partial charge in [-0.1, -0.05) is 13.8 Å². The van der Waals surface area contributed by atoms with Crippen LogP contribution in [0.2, 0.25) is 0 Å². The van der Waals surface area contributed by atoms with E-state index < -0.39 is 0 Å². The molecule has 0 saturated carbocycles. The van der Waals surface area contributed by atoms with E-state index in [4.69, 9.17) is 18.9 Å². The van der Waals surface area contributed by atoms with E-state index in [2.05, 4.69) is 15.1 Å². The minimum Gasteiger partial charge on any atom is -0.383 e. The number of ether oxygens (including phenoxy) is 4. The van der Waals surface area contributed by atoms with Crippen molar-refractivity contribution in [2.24, 2.45) is 0 Å². The van der Waals surface area contributed by atoms with E-state index in [1.807, 2.05) is 13.8 Å². The number of carbonyl (C=O) groups excluding carboxylic acids is 1. The number of hydrogen-bond donors (Lipinski definition) is 1. The van der Waals surface area contributed by atoms with Gasteiger partial charge in [-0.25, -0.2) is 0 Å². The predicted molar refractivity (Wildman–Crippen MR) is 103 cm³/mol. The van der Waals surface area contributed by atoms with E-state index in [1.54, 1.807) is 14.2 Å². The minimum atomic E-state index is -0.102. The molecule has 0 aliphatic carbocycles. The average molecular weight is 378 g/mol. The van der Waals surface area contributed by atoms with E-state index in [0.29, 0.717) is 33.0 Å². The molecule has 26 heavy (non-hydrogen) atoms. The van der Waals surface area contributed by atoms with Gasteiger partial charge in [0.05, 0.1) is 33.0 Å². The first-order valence-electron chi connectivity index (χ1n) is 9.61. The van der Waals surface area contributed by atoms with E-state index in [-0.39, 0.29) is 12.5 Å². The summed E-state index contributed by atoms with van der Waals surface area (Å²) >= 11 is 0. The molecule has 0 aromatic heterocycles. The summed E-state index contributed by atoms with van der Waals surface area (Å²) in [6.45, 7) is 13.6. The second-order valence-corrected chi connectivity index (χ2v) is 5.68. The summed E-state index contributed by atoms with van der Waals surface area (Å²) in [6, 6.07) is 0. The van der Waals surface area contributed by atoms with Gasteiger partial charge in [0.25, 0.3) is 0 Å². The zero-order valence-electron chi connectivity index (χ0n) is 17.1. The third-order valence-corrected chi connectivity index (χ3v) is 3.86. The second kappa shape index (κ2) is 19.0. The maximum atomic E-state index is 11.6. The van der Waals surface area contributed by atoms with E-state index in [1.165, 1.54) is 0 Å². The molecular formula is C18H39N3O5. The first-order chi connectivity index (χ1) is 12.8. The van der Waals surface area contributed by atoms with Crippen LogP contribution in [-0.4, -0.2) is 115 Å². The highest BCUT2D eigenvalue weighted by Gasteiger charge is 2.16. The van der Waals surface area contributed by atoms with E-state index >= 15 is 0 Å². The Kier molecular flexibility index (Phi) is 18.4. The lowest BCUT2D eigenvalue weighted by Gasteiger charge is -2.34. The Morgan fingerprint density at radius 2 is 1.38 bits per heavy atom. The van der Waals surface area contributed by atoms with Crippen molar-refractivity contribution >= 4 is 5.91 Å². The molecule has 0 aromatic rings. The van der Waals surface area contributed by atoms with Gasteiger partial charge in [-0.05, 0) is 0 Å². The molecule has 0 spiro atoms. The summed E-state index contributed by atoms with van der Waals surface area (Å²) in [5.74, 6) is -0.102. The van der Waals surface area contributed by atoms with Crippen molar-refractivity contribution in [2.45, 2.75) is 13.8 Å². The van der Waals surface area contributed by atoms with Gasteiger partial charge in [0.2, 0.25) is 5.91 Å². The lowest BCUT2D eigenvalue weighted by atomic mass is 10.3. The summed E-state index contributed by atoms with van der Waals surface area (Å²) in [6.07, 6.45) is 0. The van der Waals surface area contributed by atoms with Crippen LogP contribution in [0.15, 0.2) is 0 Å². The first-order valence-corrected chi connectivity index (χ1v) is 9.61. The molecule has 0 atom stereocenters. The fourth-order valence-corrected chi connectivity index (χ4v) is 2.37. The molecule has 1 N–H and O–H groups in total. The lowest BCUT2D eigenvalue weighted by molar-refractivity contribution is -0.126. The first kappa shape index (κ1) is 25.2. The van der Waals surface area contributed by atoms with Crippen molar-refractivity contribution < 1.29 is 23.7 Å². The number of methoxy groups -OCH3 is 2. The van der Waals surface area contributed by atoms with Gasteiger partial charge in [0, 0.05) is 60.0 Å². The van der Waals surface area contributed by atoms with Crippen LogP contribution < -0.4 is 5.32 Å². The summed E-state index contributed by atoms with van der Waals surface area (Å²) in [7, 11) is 3.36. The van der Waals surface area contributed by atoms with Crippen LogP contribution in [0, 0.1) is 0 Å². The fraction of sp³-hybridized carbons (Fsp3) is 0.944. The van der Waals surface area contributed by atoms with Crippen molar-refractivity contribution in [3.8, 4) is 0 Å². The summed E-state index contributed by atoms with van der Waals surface area (Å²) < 4.78 is 20.7. The Morgan fingerprint density at radius 1 is 0.808 bits per heavy atom. The number of piperazine rings is 1. The Bertz CT molecular complexity index is 313. The minimum absolute atomic E-state index is 0.102. The standard InChI is InChI=1S/C16H33N3O5.C2H6/c1-21-11-8-18-4-6-19(7-5-18)9-12-24-15-16(20)17-3-10-23-14-13-22-2;1-2/h3-15H2,1-2H3,(H,17,20);1-2H3. The van der Waals surface area contributed by atoms with E-state index in [0.717, 1.165) is 45.9 Å². The molecule has 1 saturated heterocycles. The van der Waals surface area contributed by atoms with Crippen LogP contribution in [0.3, 0.4) is 0 Å². The smallest absolute Gasteiger partial charge is 0.246 e. The van der Waals surface area contributed by atoms with Crippen LogP contribution >= 0.6 is 0 Å². The zero-order chi connectivity index (χ0) is 19.5. The summed E-state index contributed by atoms with van der Waals surface area (Å²) in [5, 5.41) is 2.76. The molecule has 1 rings (SSSR count). The average Bonchev–Trinajstić information content (AvgIpc) is 2.69. The van der Waals surface area contributed by atoms with Crippen molar-refractivity contribution in [2.75, 3.05) is 99.7 Å². The number of hydrogen-bond acceptors (Lipinski definition) is 7. The van der Waals surface area contributed by atoms with Gasteiger partial charge < -0.3 is 24.3 Å². The quantitative estimate of drug-likeness (QED) is 0.430. The van der Waals surface area contributed by atoms with Crippen LogP contribution in [0.4, 0.5) is 0 Å². The molecule has 1 aliphatic heterocycles. The van der Waals surface area contributed by atoms with Crippen molar-refractivity contribution in [3.05, 3.63) is 0 Å². The molecule has 1 fully saturated rings. The highest BCUT2D eigenvalue weighted by Crippen LogP contribution is 2.00. The Labute approximate surface area is 159 Å². The maximum absolute atomic E-state index is 11.6. The molecule has 0 aromatic carbocycles. The highest BCUT2D eigenvalue weighted by molar-refractivity contribution is 5.77. The number of carbonyl (C=O) groups is 1. The molecule has 0 bridgehead atoms. The fourth-order valence-electron chi connectivity index (χ4n) is 2.37. The molecule has 1 amide bonds. The predicted octanol–water partition coefficient (Wildman–Crippen LogP) is 0.0724. The Balaban J connectivity index is 0.00000301. The lowest BCUT2D eigenvalue weighted by Crippen LogP contribution is -2.48. The summed E-state index contributed by atoms with van der Waals surface area (Å²) in [4.78, 5) is 16.3. The molecule has 8 heteroatoms. The van der Waals surface area contributed by atoms with Crippen LogP contribution in [0.1, 0.15) is 13.8 Å². The topological polar surface area (TPSA) is 72.5 Å². The molecule has 1 aliphatic rings. The monoisotopic (exact) mass is 377 g/mol. The van der Waals surface area contributed by atoms with Crippen molar-refractivity contribution in [1.29, 1.82) is 0 Å². The van der Waals surface area contributed by atoms with Crippen molar-refractivity contribution in [3.63, 3.8) is 0 Å². The van der Waals surface area contributed by atoms with Crippen LogP contribution in [0.25, 0.3) is 0 Å². The van der Waals surface area contributed by atoms with Crippen LogP contribution in [-0.2, 0) is 23.7 Å². The number of nitrogens with zero attached hydrogens (tertiary/aromatic N) is 2. The molecule has 8 nitrogen and oxygen atoms in total. The zero-order valence-corrected chi connectivity index (χ0v) is 17.1. The maximum Gasteiger partial charge on any atom is 0.246 e. The molecular weight excluding hydrogens is 338 g/mol. The second-order valence-electron chi connectivity index (χ2n) is 5.68. The highest BCUT2D eigenvalue weighted by atomic mass is 16.5. The molecule has 0 radical (unpaired) electrons. The Hall–Kier alpha value is -0.770. The van der Waals surface area contributed by atoms with Gasteiger partial charge >= 0.3 is 0 Å². The molecule has 1 heterocycles. The molecule has 0 unspecified atom stereocenters. The van der Waals surface area contributed by atoms with Gasteiger partial charge in [0.15, 0.2) is 0 Å². The van der Waals surface area contributed by atoms with Crippen molar-refractivity contribution in [1.82, 2.24) is 15.1 Å². The van der Waals surface area contributed by atoms with Gasteiger partial charge in [-0.3, -0.25) is 14.6 Å². The largest absolute Gasteiger partial charge is 0.383 e. The third kappa shape index (κ3) is 14.4. The van der Waals surface area contributed by atoms with Gasteiger partial charge in [-0.15, -0.1) is 0 Å². The number of rotatable bonds is 14. The normalized spacial score (nSPS) is 15.4.